The number of carboxylic acid groups (broad SMARTS) is 1. The molecule has 1 heterocycles. The monoisotopic (exact) mass is 334 g/mol. The molecule has 7 nitrogen and oxygen atoms in total. The minimum atomic E-state index is -0.923. The summed E-state index contributed by atoms with van der Waals surface area (Å²) in [5.74, 6) is -1.41. The van der Waals surface area contributed by atoms with Crippen molar-refractivity contribution < 1.29 is 24.2 Å². The molecule has 2 rings (SSSR count). The van der Waals surface area contributed by atoms with Gasteiger partial charge in [0.1, 0.15) is 0 Å². The van der Waals surface area contributed by atoms with E-state index >= 15 is 0 Å². The molecule has 7 heteroatoms. The molecule has 0 spiro atoms. The highest BCUT2D eigenvalue weighted by Gasteiger charge is 2.16. The van der Waals surface area contributed by atoms with Crippen molar-refractivity contribution in [2.75, 3.05) is 18.5 Å². The van der Waals surface area contributed by atoms with Gasteiger partial charge in [0.2, 0.25) is 5.91 Å². The second-order valence-electron chi connectivity index (χ2n) is 5.72. The van der Waals surface area contributed by atoms with Crippen molar-refractivity contribution in [3.63, 3.8) is 0 Å². The third-order valence-electron chi connectivity index (χ3n) is 3.72. The maximum Gasteiger partial charge on any atom is 0.303 e. The van der Waals surface area contributed by atoms with Crippen LogP contribution in [0.25, 0.3) is 0 Å². The number of hydrogen-bond acceptors (Lipinski definition) is 4. The van der Waals surface area contributed by atoms with Gasteiger partial charge in [-0.2, -0.15) is 0 Å². The van der Waals surface area contributed by atoms with Gasteiger partial charge in [-0.1, -0.05) is 6.07 Å². The number of amides is 2. The molecule has 130 valence electrons. The predicted octanol–water partition coefficient (Wildman–Crippen LogP) is 1.79. The Morgan fingerprint density at radius 3 is 2.79 bits per heavy atom. The van der Waals surface area contributed by atoms with Crippen LogP contribution in [-0.2, 0) is 14.3 Å². The Labute approximate surface area is 140 Å². The molecule has 0 bridgehead atoms. The Morgan fingerprint density at radius 2 is 2.08 bits per heavy atom. The van der Waals surface area contributed by atoms with Gasteiger partial charge in [-0.05, 0) is 37.5 Å². The van der Waals surface area contributed by atoms with Crippen LogP contribution < -0.4 is 10.6 Å². The highest BCUT2D eigenvalue weighted by atomic mass is 16.5. The van der Waals surface area contributed by atoms with E-state index in [0.717, 1.165) is 19.4 Å². The molecule has 1 unspecified atom stereocenters. The molecule has 3 N–H and O–H groups in total. The zero-order valence-corrected chi connectivity index (χ0v) is 13.4. The summed E-state index contributed by atoms with van der Waals surface area (Å²) >= 11 is 0. The quantitative estimate of drug-likeness (QED) is 0.672. The zero-order chi connectivity index (χ0) is 17.4. The predicted molar refractivity (Wildman–Crippen MR) is 87.9 cm³/mol. The fraction of sp³-hybridized carbons (Fsp3) is 0.471. The highest BCUT2D eigenvalue weighted by molar-refractivity contribution is 5.97. The average molecular weight is 334 g/mol. The molecular weight excluding hydrogens is 312 g/mol. The minimum Gasteiger partial charge on any atom is -0.481 e. The molecule has 0 saturated carbocycles. The number of aliphatic carboxylic acids is 1. The first kappa shape index (κ1) is 17.9. The summed E-state index contributed by atoms with van der Waals surface area (Å²) in [5.41, 5.74) is 0.969. The fourth-order valence-electron chi connectivity index (χ4n) is 2.48. The van der Waals surface area contributed by atoms with E-state index in [1.165, 1.54) is 0 Å². The number of carboxylic acids is 1. The smallest absolute Gasteiger partial charge is 0.303 e. The van der Waals surface area contributed by atoms with Crippen molar-refractivity contribution in [2.45, 2.75) is 38.2 Å². The summed E-state index contributed by atoms with van der Waals surface area (Å²) in [6.07, 6.45) is 2.41. The molecule has 1 atom stereocenters. The minimum absolute atomic E-state index is 0.0426. The molecule has 1 fully saturated rings. The number of anilines is 1. The van der Waals surface area contributed by atoms with Crippen molar-refractivity contribution in [1.29, 1.82) is 0 Å². The number of ether oxygens (including phenoxy) is 1. The zero-order valence-electron chi connectivity index (χ0n) is 13.4. The number of carbonyl (C=O) groups excluding carboxylic acids is 2. The van der Waals surface area contributed by atoms with Crippen LogP contribution in [0.5, 0.6) is 0 Å². The van der Waals surface area contributed by atoms with Gasteiger partial charge in [-0.15, -0.1) is 0 Å². The van der Waals surface area contributed by atoms with Gasteiger partial charge in [0.25, 0.3) is 5.91 Å². The fourth-order valence-corrected chi connectivity index (χ4v) is 2.48. The van der Waals surface area contributed by atoms with Gasteiger partial charge in [-0.3, -0.25) is 14.4 Å². The Morgan fingerprint density at radius 1 is 1.25 bits per heavy atom. The van der Waals surface area contributed by atoms with E-state index in [1.807, 2.05) is 0 Å². The maximum atomic E-state index is 12.1. The van der Waals surface area contributed by atoms with E-state index in [-0.39, 0.29) is 37.2 Å². The molecule has 0 aromatic heterocycles. The van der Waals surface area contributed by atoms with Crippen LogP contribution >= 0.6 is 0 Å². The first-order valence-electron chi connectivity index (χ1n) is 8.06. The van der Waals surface area contributed by atoms with E-state index in [2.05, 4.69) is 10.6 Å². The molecule has 0 aliphatic carbocycles. The molecule has 1 aromatic carbocycles. The average Bonchev–Trinajstić information content (AvgIpc) is 3.06. The third kappa shape index (κ3) is 6.00. The van der Waals surface area contributed by atoms with E-state index in [1.54, 1.807) is 24.3 Å². The third-order valence-corrected chi connectivity index (χ3v) is 3.72. The van der Waals surface area contributed by atoms with E-state index < -0.39 is 5.97 Å². The molecule has 1 aliphatic rings. The lowest BCUT2D eigenvalue weighted by Crippen LogP contribution is -2.31. The lowest BCUT2D eigenvalue weighted by molar-refractivity contribution is -0.137. The molecule has 0 radical (unpaired) electrons. The SMILES string of the molecule is O=C(O)CCCC(=O)Nc1cccc(C(=O)NCC2CCCO2)c1. The Hall–Kier alpha value is -2.41. The van der Waals surface area contributed by atoms with Crippen molar-refractivity contribution in [3.8, 4) is 0 Å². The summed E-state index contributed by atoms with van der Waals surface area (Å²) in [7, 11) is 0. The van der Waals surface area contributed by atoms with Crippen LogP contribution in [0.4, 0.5) is 5.69 Å². The Balaban J connectivity index is 1.82. The van der Waals surface area contributed by atoms with Gasteiger partial charge in [0.05, 0.1) is 6.10 Å². The molecule has 24 heavy (non-hydrogen) atoms. The first-order valence-corrected chi connectivity index (χ1v) is 8.06. The van der Waals surface area contributed by atoms with Gasteiger partial charge in [0.15, 0.2) is 0 Å². The second kappa shape index (κ2) is 9.02. The molecule has 1 saturated heterocycles. The van der Waals surface area contributed by atoms with Crippen LogP contribution in [0.1, 0.15) is 42.5 Å². The molecule has 1 aliphatic heterocycles. The Kier molecular flexibility index (Phi) is 6.74. The van der Waals surface area contributed by atoms with Gasteiger partial charge in [0, 0.05) is 37.2 Å². The van der Waals surface area contributed by atoms with Crippen LogP contribution in [0.15, 0.2) is 24.3 Å². The normalized spacial score (nSPS) is 16.6. The summed E-state index contributed by atoms with van der Waals surface area (Å²) in [4.78, 5) is 34.3. The molecule has 2 amide bonds. The van der Waals surface area contributed by atoms with Gasteiger partial charge < -0.3 is 20.5 Å². The summed E-state index contributed by atoms with van der Waals surface area (Å²) in [6, 6.07) is 6.64. The van der Waals surface area contributed by atoms with Crippen LogP contribution in [0.3, 0.4) is 0 Å². The van der Waals surface area contributed by atoms with E-state index in [9.17, 15) is 14.4 Å². The highest BCUT2D eigenvalue weighted by Crippen LogP contribution is 2.13. The van der Waals surface area contributed by atoms with Crippen LogP contribution in [0.2, 0.25) is 0 Å². The molecular formula is C17H22N2O5. The number of nitrogens with one attached hydrogen (secondary N) is 2. The molecule has 1 aromatic rings. The number of rotatable bonds is 8. The maximum absolute atomic E-state index is 12.1. The number of carbonyl (C=O) groups is 3. The Bertz CT molecular complexity index is 596. The van der Waals surface area contributed by atoms with Gasteiger partial charge in [-0.25, -0.2) is 0 Å². The number of hydrogen-bond donors (Lipinski definition) is 3. The summed E-state index contributed by atoms with van der Waals surface area (Å²) in [6.45, 7) is 1.22. The van der Waals surface area contributed by atoms with Crippen molar-refractivity contribution in [3.05, 3.63) is 29.8 Å². The van der Waals surface area contributed by atoms with Crippen molar-refractivity contribution in [1.82, 2.24) is 5.32 Å². The van der Waals surface area contributed by atoms with Crippen LogP contribution in [-0.4, -0.2) is 42.1 Å². The van der Waals surface area contributed by atoms with Gasteiger partial charge >= 0.3 is 5.97 Å². The standard InChI is InChI=1S/C17H22N2O5/c20-15(7-2-8-16(21)22)19-13-5-1-4-12(10-13)17(23)18-11-14-6-3-9-24-14/h1,4-5,10,14H,2-3,6-9,11H2,(H,18,23)(H,19,20)(H,21,22). The second-order valence-corrected chi connectivity index (χ2v) is 5.72. The van der Waals surface area contributed by atoms with Crippen molar-refractivity contribution >= 4 is 23.5 Å². The number of benzene rings is 1. The van der Waals surface area contributed by atoms with Crippen LogP contribution in [0, 0.1) is 0 Å². The van der Waals surface area contributed by atoms with E-state index in [0.29, 0.717) is 17.8 Å². The topological polar surface area (TPSA) is 105 Å². The van der Waals surface area contributed by atoms with Crippen molar-refractivity contribution in [2.24, 2.45) is 0 Å². The van der Waals surface area contributed by atoms with E-state index in [4.69, 9.17) is 9.84 Å². The first-order chi connectivity index (χ1) is 11.5. The lowest BCUT2D eigenvalue weighted by atomic mass is 10.1. The summed E-state index contributed by atoms with van der Waals surface area (Å²) < 4.78 is 5.46. The largest absolute Gasteiger partial charge is 0.481 e. The lowest BCUT2D eigenvalue weighted by Gasteiger charge is -2.11. The summed E-state index contributed by atoms with van der Waals surface area (Å²) in [5, 5.41) is 14.1.